The lowest BCUT2D eigenvalue weighted by Crippen LogP contribution is -2.53. The summed E-state index contributed by atoms with van der Waals surface area (Å²) in [6.07, 6.45) is 1.50. The SMILES string of the molecule is CN1C(C(=O)Nc2nccs2)C(=O)c2ccc3ccccc3c2S1(=O)=O. The number of hydrogen-bond donors (Lipinski definition) is 1. The summed E-state index contributed by atoms with van der Waals surface area (Å²) in [5.74, 6) is -1.29. The number of benzene rings is 2. The second kappa shape index (κ2) is 5.97. The molecule has 0 saturated carbocycles. The predicted octanol–water partition coefficient (Wildman–Crippen LogP) is 2.12. The molecule has 9 heteroatoms. The molecule has 2 heterocycles. The monoisotopic (exact) mass is 387 g/mol. The zero-order valence-corrected chi connectivity index (χ0v) is 15.2. The number of carbonyl (C=O) groups is 2. The van der Waals surface area contributed by atoms with Crippen LogP contribution in [-0.2, 0) is 14.8 Å². The van der Waals surface area contributed by atoms with Gasteiger partial charge in [0.25, 0.3) is 5.91 Å². The van der Waals surface area contributed by atoms with Crippen molar-refractivity contribution in [3.8, 4) is 0 Å². The van der Waals surface area contributed by atoms with E-state index in [4.69, 9.17) is 0 Å². The Balaban J connectivity index is 1.86. The number of sulfonamides is 1. The van der Waals surface area contributed by atoms with E-state index in [1.807, 2.05) is 0 Å². The van der Waals surface area contributed by atoms with Gasteiger partial charge in [0.1, 0.15) is 4.90 Å². The number of Topliss-reactive ketones (excluding diaryl/α,β-unsaturated/α-hetero) is 1. The minimum absolute atomic E-state index is 0.0288. The van der Waals surface area contributed by atoms with Crippen LogP contribution >= 0.6 is 11.3 Å². The van der Waals surface area contributed by atoms with E-state index in [1.165, 1.54) is 30.6 Å². The highest BCUT2D eigenvalue weighted by atomic mass is 32.2. The van der Waals surface area contributed by atoms with Crippen LogP contribution in [0.4, 0.5) is 5.13 Å². The van der Waals surface area contributed by atoms with Crippen molar-refractivity contribution in [3.05, 3.63) is 53.5 Å². The molecule has 1 amide bonds. The molecular formula is C17H13N3O4S2. The first kappa shape index (κ1) is 16.8. The molecule has 3 aromatic rings. The van der Waals surface area contributed by atoms with Crippen molar-refractivity contribution in [1.82, 2.24) is 9.29 Å². The van der Waals surface area contributed by atoms with Crippen LogP contribution in [0.2, 0.25) is 0 Å². The van der Waals surface area contributed by atoms with E-state index in [1.54, 1.807) is 35.7 Å². The minimum Gasteiger partial charge on any atom is -0.300 e. The molecule has 1 aliphatic heterocycles. The molecule has 0 saturated heterocycles. The lowest BCUT2D eigenvalue weighted by atomic mass is 9.99. The van der Waals surface area contributed by atoms with E-state index in [0.29, 0.717) is 15.9 Å². The van der Waals surface area contributed by atoms with Gasteiger partial charge in [0.2, 0.25) is 10.0 Å². The lowest BCUT2D eigenvalue weighted by molar-refractivity contribution is -0.118. The molecule has 132 valence electrons. The number of fused-ring (bicyclic) bond motifs is 3. The molecule has 0 fully saturated rings. The number of nitrogens with zero attached hydrogens (tertiary/aromatic N) is 2. The molecule has 1 aliphatic rings. The third kappa shape index (κ3) is 2.44. The fraction of sp³-hybridized carbons (Fsp3) is 0.118. The Morgan fingerprint density at radius 2 is 2.00 bits per heavy atom. The van der Waals surface area contributed by atoms with Crippen molar-refractivity contribution < 1.29 is 18.0 Å². The van der Waals surface area contributed by atoms with E-state index in [2.05, 4.69) is 10.3 Å². The number of nitrogens with one attached hydrogen (secondary N) is 1. The molecule has 4 rings (SSSR count). The Morgan fingerprint density at radius 3 is 2.73 bits per heavy atom. The Kier molecular flexibility index (Phi) is 3.87. The van der Waals surface area contributed by atoms with Gasteiger partial charge in [-0.3, -0.25) is 9.59 Å². The summed E-state index contributed by atoms with van der Waals surface area (Å²) >= 11 is 1.18. The first-order valence-electron chi connectivity index (χ1n) is 7.65. The van der Waals surface area contributed by atoms with Crippen molar-refractivity contribution in [2.24, 2.45) is 0 Å². The van der Waals surface area contributed by atoms with Gasteiger partial charge < -0.3 is 5.32 Å². The largest absolute Gasteiger partial charge is 0.300 e. The third-order valence-corrected chi connectivity index (χ3v) is 6.92. The molecule has 1 N–H and O–H groups in total. The number of anilines is 1. The van der Waals surface area contributed by atoms with Crippen LogP contribution < -0.4 is 5.32 Å². The molecule has 0 bridgehead atoms. The highest BCUT2D eigenvalue weighted by Crippen LogP contribution is 2.35. The smallest absolute Gasteiger partial charge is 0.252 e. The summed E-state index contributed by atoms with van der Waals surface area (Å²) in [5.41, 5.74) is 0.0288. The van der Waals surface area contributed by atoms with E-state index < -0.39 is 27.8 Å². The van der Waals surface area contributed by atoms with Crippen molar-refractivity contribution >= 4 is 49.0 Å². The number of likely N-dealkylation sites (N-methyl/N-ethyl adjacent to an activating group) is 1. The highest BCUT2D eigenvalue weighted by molar-refractivity contribution is 7.89. The summed E-state index contributed by atoms with van der Waals surface area (Å²) in [7, 11) is -2.78. The molecule has 7 nitrogen and oxygen atoms in total. The number of amides is 1. The topological polar surface area (TPSA) is 96.4 Å². The number of rotatable bonds is 2. The molecule has 0 aliphatic carbocycles. The number of carbonyl (C=O) groups excluding carboxylic acids is 2. The first-order chi connectivity index (χ1) is 12.4. The number of aromatic nitrogens is 1. The molecular weight excluding hydrogens is 374 g/mol. The fourth-order valence-corrected chi connectivity index (χ4v) is 5.25. The van der Waals surface area contributed by atoms with Crippen LogP contribution in [0.1, 0.15) is 10.4 Å². The molecule has 0 radical (unpaired) electrons. The van der Waals surface area contributed by atoms with Gasteiger partial charge in [-0.25, -0.2) is 13.4 Å². The van der Waals surface area contributed by atoms with Gasteiger partial charge in [0.05, 0.1) is 0 Å². The third-order valence-electron chi connectivity index (χ3n) is 4.30. The van der Waals surface area contributed by atoms with Crippen molar-refractivity contribution in [2.45, 2.75) is 10.9 Å². The molecule has 1 atom stereocenters. The highest BCUT2D eigenvalue weighted by Gasteiger charge is 2.46. The number of ketones is 1. The predicted molar refractivity (Wildman–Crippen MR) is 97.8 cm³/mol. The van der Waals surface area contributed by atoms with E-state index in [9.17, 15) is 18.0 Å². The van der Waals surface area contributed by atoms with Gasteiger partial charge in [-0.2, -0.15) is 4.31 Å². The summed E-state index contributed by atoms with van der Waals surface area (Å²) in [6, 6.07) is 8.61. The van der Waals surface area contributed by atoms with E-state index in [0.717, 1.165) is 4.31 Å². The maximum Gasteiger partial charge on any atom is 0.252 e. The Labute approximate surface area is 153 Å². The van der Waals surface area contributed by atoms with Crippen LogP contribution in [0.5, 0.6) is 0 Å². The van der Waals surface area contributed by atoms with Crippen LogP contribution in [0.25, 0.3) is 10.8 Å². The Hall–Kier alpha value is -2.62. The van der Waals surface area contributed by atoms with Crippen LogP contribution in [0, 0.1) is 0 Å². The summed E-state index contributed by atoms with van der Waals surface area (Å²) in [6.45, 7) is 0. The van der Waals surface area contributed by atoms with Gasteiger partial charge in [0, 0.05) is 29.6 Å². The summed E-state index contributed by atoms with van der Waals surface area (Å²) in [5, 5.41) is 5.64. The lowest BCUT2D eigenvalue weighted by Gasteiger charge is -2.31. The van der Waals surface area contributed by atoms with Crippen molar-refractivity contribution in [2.75, 3.05) is 12.4 Å². The molecule has 0 spiro atoms. The number of thiazole rings is 1. The average molecular weight is 387 g/mol. The van der Waals surface area contributed by atoms with Gasteiger partial charge >= 0.3 is 0 Å². The zero-order chi connectivity index (χ0) is 18.5. The Morgan fingerprint density at radius 1 is 1.23 bits per heavy atom. The Bertz CT molecular complexity index is 1140. The van der Waals surface area contributed by atoms with E-state index >= 15 is 0 Å². The van der Waals surface area contributed by atoms with Crippen LogP contribution in [0.15, 0.2) is 52.9 Å². The van der Waals surface area contributed by atoms with Crippen LogP contribution in [-0.4, -0.2) is 42.5 Å². The second-order valence-corrected chi connectivity index (χ2v) is 8.61. The molecule has 1 unspecified atom stereocenters. The quantitative estimate of drug-likeness (QED) is 0.680. The maximum atomic E-state index is 13.1. The van der Waals surface area contributed by atoms with Gasteiger partial charge in [-0.15, -0.1) is 11.3 Å². The van der Waals surface area contributed by atoms with Gasteiger partial charge in [0.15, 0.2) is 17.0 Å². The molecule has 26 heavy (non-hydrogen) atoms. The second-order valence-electron chi connectivity index (χ2n) is 5.78. The molecule has 1 aromatic heterocycles. The van der Waals surface area contributed by atoms with Crippen molar-refractivity contribution in [1.29, 1.82) is 0 Å². The summed E-state index contributed by atoms with van der Waals surface area (Å²) < 4.78 is 26.9. The summed E-state index contributed by atoms with van der Waals surface area (Å²) in [4.78, 5) is 29.4. The minimum atomic E-state index is -4.02. The van der Waals surface area contributed by atoms with Gasteiger partial charge in [-0.05, 0) is 11.5 Å². The maximum absolute atomic E-state index is 13.1. The average Bonchev–Trinajstić information content (AvgIpc) is 3.12. The van der Waals surface area contributed by atoms with Crippen molar-refractivity contribution in [3.63, 3.8) is 0 Å². The van der Waals surface area contributed by atoms with E-state index in [-0.39, 0.29) is 10.5 Å². The standard InChI is InChI=1S/C17H13N3O4S2/c1-20-13(16(22)19-17-18-8-9-25-17)14(21)12-7-6-10-4-2-3-5-11(10)15(12)26(20,23)24/h2-9,13H,1H3,(H,18,19,22). The first-order valence-corrected chi connectivity index (χ1v) is 9.97. The van der Waals surface area contributed by atoms with Crippen LogP contribution in [0.3, 0.4) is 0 Å². The normalized spacial score (nSPS) is 19.3. The zero-order valence-electron chi connectivity index (χ0n) is 13.5. The molecule has 2 aromatic carbocycles. The fourth-order valence-electron chi connectivity index (χ4n) is 3.05. The number of hydrogen-bond acceptors (Lipinski definition) is 6. The van der Waals surface area contributed by atoms with Gasteiger partial charge in [-0.1, -0.05) is 30.3 Å².